The van der Waals surface area contributed by atoms with Gasteiger partial charge in [-0.3, -0.25) is 4.79 Å². The van der Waals surface area contributed by atoms with E-state index in [1.165, 1.54) is 17.1 Å². The number of carboxylic acids is 1. The average molecular weight is 290 g/mol. The SMILES string of the molecule is CC1SCCSC1c1nc(C(N)C(=O)O)cs1. The first-order valence-corrected chi connectivity index (χ1v) is 8.24. The maximum atomic E-state index is 10.8. The summed E-state index contributed by atoms with van der Waals surface area (Å²) in [5.74, 6) is 1.27. The molecule has 1 aromatic rings. The quantitative estimate of drug-likeness (QED) is 0.888. The number of hydrogen-bond acceptors (Lipinski definition) is 6. The second kappa shape index (κ2) is 5.60. The number of nitrogens with zero attached hydrogens (tertiary/aromatic N) is 1. The summed E-state index contributed by atoms with van der Waals surface area (Å²) in [5.41, 5.74) is 6.02. The fourth-order valence-electron chi connectivity index (χ4n) is 1.60. The topological polar surface area (TPSA) is 76.2 Å². The molecule has 17 heavy (non-hydrogen) atoms. The van der Waals surface area contributed by atoms with E-state index < -0.39 is 12.0 Å². The zero-order valence-electron chi connectivity index (χ0n) is 9.33. The van der Waals surface area contributed by atoms with E-state index >= 15 is 0 Å². The summed E-state index contributed by atoms with van der Waals surface area (Å²) < 4.78 is 0. The van der Waals surface area contributed by atoms with Crippen LogP contribution in [0.5, 0.6) is 0 Å². The van der Waals surface area contributed by atoms with Crippen molar-refractivity contribution < 1.29 is 9.90 Å². The lowest BCUT2D eigenvalue weighted by Crippen LogP contribution is -2.21. The van der Waals surface area contributed by atoms with Gasteiger partial charge >= 0.3 is 5.97 Å². The highest BCUT2D eigenvalue weighted by atomic mass is 32.2. The molecule has 1 fully saturated rings. The van der Waals surface area contributed by atoms with Crippen LogP contribution in [0.2, 0.25) is 0 Å². The second-order valence-electron chi connectivity index (χ2n) is 3.79. The van der Waals surface area contributed by atoms with E-state index in [2.05, 4.69) is 11.9 Å². The van der Waals surface area contributed by atoms with Crippen molar-refractivity contribution in [3.8, 4) is 0 Å². The van der Waals surface area contributed by atoms with E-state index in [4.69, 9.17) is 10.8 Å². The van der Waals surface area contributed by atoms with Crippen molar-refractivity contribution in [2.24, 2.45) is 5.73 Å². The summed E-state index contributed by atoms with van der Waals surface area (Å²) in [5, 5.41) is 12.5. The van der Waals surface area contributed by atoms with Crippen LogP contribution in [0.15, 0.2) is 5.38 Å². The number of thiazole rings is 1. The molecule has 0 aromatic carbocycles. The smallest absolute Gasteiger partial charge is 0.326 e. The van der Waals surface area contributed by atoms with E-state index in [1.807, 2.05) is 23.5 Å². The number of aliphatic carboxylic acids is 1. The van der Waals surface area contributed by atoms with Crippen LogP contribution in [-0.4, -0.2) is 32.8 Å². The first-order valence-electron chi connectivity index (χ1n) is 5.26. The average Bonchev–Trinajstić information content (AvgIpc) is 2.77. The molecule has 3 N–H and O–H groups in total. The summed E-state index contributed by atoms with van der Waals surface area (Å²) in [6, 6.07) is -1.00. The monoisotopic (exact) mass is 290 g/mol. The van der Waals surface area contributed by atoms with Gasteiger partial charge < -0.3 is 10.8 Å². The molecule has 0 spiro atoms. The Bertz CT molecular complexity index is 410. The third-order valence-electron chi connectivity index (χ3n) is 2.56. The highest BCUT2D eigenvalue weighted by Crippen LogP contribution is 2.43. The van der Waals surface area contributed by atoms with Gasteiger partial charge in [-0.1, -0.05) is 6.92 Å². The number of aromatic nitrogens is 1. The highest BCUT2D eigenvalue weighted by molar-refractivity contribution is 8.06. The summed E-state index contributed by atoms with van der Waals surface area (Å²) in [6.45, 7) is 2.19. The molecule has 2 heterocycles. The molecule has 3 unspecified atom stereocenters. The van der Waals surface area contributed by atoms with Crippen molar-refractivity contribution in [1.82, 2.24) is 4.98 Å². The minimum absolute atomic E-state index is 0.369. The lowest BCUT2D eigenvalue weighted by molar-refractivity contribution is -0.138. The van der Waals surface area contributed by atoms with Gasteiger partial charge in [0.05, 0.1) is 10.9 Å². The summed E-state index contributed by atoms with van der Waals surface area (Å²) >= 11 is 5.36. The molecule has 1 aromatic heterocycles. The van der Waals surface area contributed by atoms with Crippen molar-refractivity contribution in [1.29, 1.82) is 0 Å². The molecule has 3 atom stereocenters. The van der Waals surface area contributed by atoms with Crippen LogP contribution in [-0.2, 0) is 4.79 Å². The summed E-state index contributed by atoms with van der Waals surface area (Å²) in [6.07, 6.45) is 0. The molecule has 0 bridgehead atoms. The zero-order chi connectivity index (χ0) is 12.4. The van der Waals surface area contributed by atoms with Crippen LogP contribution in [0.4, 0.5) is 0 Å². The molecule has 7 heteroatoms. The highest BCUT2D eigenvalue weighted by Gasteiger charge is 2.28. The predicted octanol–water partition coefficient (Wildman–Crippen LogP) is 2.14. The normalized spacial score (nSPS) is 26.7. The van der Waals surface area contributed by atoms with Crippen LogP contribution in [0.3, 0.4) is 0 Å². The molecule has 94 valence electrons. The summed E-state index contributed by atoms with van der Waals surface area (Å²) in [4.78, 5) is 15.2. The van der Waals surface area contributed by atoms with Crippen LogP contribution in [0.25, 0.3) is 0 Å². The molecular formula is C10H14N2O2S3. The van der Waals surface area contributed by atoms with Crippen molar-refractivity contribution >= 4 is 40.8 Å². The van der Waals surface area contributed by atoms with E-state index in [9.17, 15) is 4.79 Å². The Morgan fingerprint density at radius 3 is 2.94 bits per heavy atom. The first kappa shape index (κ1) is 13.2. The molecule has 2 rings (SSSR count). The lowest BCUT2D eigenvalue weighted by Gasteiger charge is -2.25. The number of nitrogens with two attached hydrogens (primary N) is 1. The van der Waals surface area contributed by atoms with Crippen molar-refractivity contribution in [3.63, 3.8) is 0 Å². The molecule has 0 saturated carbocycles. The number of carbonyl (C=O) groups is 1. The van der Waals surface area contributed by atoms with Crippen molar-refractivity contribution in [2.75, 3.05) is 11.5 Å². The third-order valence-corrected chi connectivity index (χ3v) is 6.75. The number of rotatable bonds is 3. The molecule has 0 amide bonds. The van der Waals surface area contributed by atoms with Crippen molar-refractivity contribution in [2.45, 2.75) is 23.5 Å². The zero-order valence-corrected chi connectivity index (χ0v) is 11.8. The van der Waals surface area contributed by atoms with Crippen LogP contribution in [0, 0.1) is 0 Å². The first-order chi connectivity index (χ1) is 8.09. The van der Waals surface area contributed by atoms with Crippen LogP contribution in [0.1, 0.15) is 28.9 Å². The van der Waals surface area contributed by atoms with Gasteiger partial charge in [0.15, 0.2) is 0 Å². The maximum absolute atomic E-state index is 10.8. The minimum Gasteiger partial charge on any atom is -0.480 e. The van der Waals surface area contributed by atoms with E-state index in [1.54, 1.807) is 5.38 Å². The van der Waals surface area contributed by atoms with Crippen molar-refractivity contribution in [3.05, 3.63) is 16.1 Å². The Hall–Kier alpha value is -0.240. The van der Waals surface area contributed by atoms with Crippen LogP contribution >= 0.6 is 34.9 Å². The molecule has 4 nitrogen and oxygen atoms in total. The van der Waals surface area contributed by atoms with Gasteiger partial charge in [0.2, 0.25) is 0 Å². The van der Waals surface area contributed by atoms with Gasteiger partial charge in [-0.25, -0.2) is 4.98 Å². The molecule has 0 radical (unpaired) electrons. The van der Waals surface area contributed by atoms with Gasteiger partial charge in [-0.05, 0) is 0 Å². The van der Waals surface area contributed by atoms with E-state index in [0.29, 0.717) is 16.2 Å². The standard InChI is InChI=1S/C10H14N2O2S3/c1-5-8(16-3-2-15-5)9-12-6(4-17-9)7(11)10(13)14/h4-5,7-8H,2-3,11H2,1H3,(H,13,14). The van der Waals surface area contributed by atoms with E-state index in [0.717, 1.165) is 10.8 Å². The fourth-order valence-corrected chi connectivity index (χ4v) is 5.64. The van der Waals surface area contributed by atoms with Crippen LogP contribution < -0.4 is 5.73 Å². The van der Waals surface area contributed by atoms with Gasteiger partial charge in [0.1, 0.15) is 11.0 Å². The Kier molecular flexibility index (Phi) is 4.35. The Balaban J connectivity index is 2.14. The largest absolute Gasteiger partial charge is 0.480 e. The lowest BCUT2D eigenvalue weighted by atomic mass is 10.2. The Morgan fingerprint density at radius 1 is 1.59 bits per heavy atom. The Morgan fingerprint density at radius 2 is 2.29 bits per heavy atom. The molecule has 1 aliphatic heterocycles. The van der Waals surface area contributed by atoms with Gasteiger partial charge in [0, 0.05) is 22.1 Å². The molecular weight excluding hydrogens is 276 g/mol. The van der Waals surface area contributed by atoms with E-state index in [-0.39, 0.29) is 0 Å². The molecule has 0 aliphatic carbocycles. The third kappa shape index (κ3) is 2.96. The van der Waals surface area contributed by atoms with Gasteiger partial charge in [-0.2, -0.15) is 11.8 Å². The number of hydrogen-bond donors (Lipinski definition) is 2. The number of thioether (sulfide) groups is 2. The van der Waals surface area contributed by atoms with Gasteiger partial charge in [-0.15, -0.1) is 23.1 Å². The minimum atomic E-state index is -1.03. The maximum Gasteiger partial charge on any atom is 0.326 e. The number of carboxylic acid groups (broad SMARTS) is 1. The molecule has 1 saturated heterocycles. The fraction of sp³-hybridized carbons (Fsp3) is 0.600. The Labute approximate surface area is 112 Å². The predicted molar refractivity (Wildman–Crippen MR) is 73.8 cm³/mol. The second-order valence-corrected chi connectivity index (χ2v) is 7.42. The summed E-state index contributed by atoms with van der Waals surface area (Å²) in [7, 11) is 0. The van der Waals surface area contributed by atoms with Gasteiger partial charge in [0.25, 0.3) is 0 Å². The molecule has 1 aliphatic rings.